The highest BCUT2D eigenvalue weighted by Crippen LogP contribution is 2.06. The van der Waals surface area contributed by atoms with E-state index in [1.165, 1.54) is 0 Å². The first kappa shape index (κ1) is 10.8. The highest BCUT2D eigenvalue weighted by Gasteiger charge is 2.07. The molecule has 0 bridgehead atoms. The van der Waals surface area contributed by atoms with Crippen molar-refractivity contribution in [1.82, 2.24) is 4.90 Å². The van der Waals surface area contributed by atoms with Crippen molar-refractivity contribution in [2.45, 2.75) is 18.1 Å². The Morgan fingerprint density at radius 3 is 2.55 bits per heavy atom. The largest absolute Gasteiger partial charge is 0.481 e. The molecule has 0 amide bonds. The van der Waals surface area contributed by atoms with E-state index >= 15 is 0 Å². The molecule has 0 saturated heterocycles. The Balaban J connectivity index is 3.37. The van der Waals surface area contributed by atoms with Crippen molar-refractivity contribution in [2.24, 2.45) is 0 Å². The molecular formula is C7H15NO2S. The van der Waals surface area contributed by atoms with Gasteiger partial charge in [0, 0.05) is 5.25 Å². The van der Waals surface area contributed by atoms with Crippen LogP contribution in [0.25, 0.3) is 0 Å². The number of carboxylic acids is 1. The summed E-state index contributed by atoms with van der Waals surface area (Å²) in [5.41, 5.74) is 0. The molecule has 0 radical (unpaired) electrons. The Morgan fingerprint density at radius 2 is 2.18 bits per heavy atom. The minimum absolute atomic E-state index is 0.0186. The van der Waals surface area contributed by atoms with Crippen LogP contribution in [0.5, 0.6) is 0 Å². The minimum atomic E-state index is -0.774. The predicted octanol–water partition coefficient (Wildman–Crippen LogP) is 0.711. The van der Waals surface area contributed by atoms with Crippen LogP contribution in [0.2, 0.25) is 0 Å². The van der Waals surface area contributed by atoms with Gasteiger partial charge in [-0.1, -0.05) is 0 Å². The van der Waals surface area contributed by atoms with Crippen LogP contribution in [0.15, 0.2) is 0 Å². The Kier molecular flexibility index (Phi) is 5.32. The molecule has 1 N–H and O–H groups in total. The molecule has 0 saturated carbocycles. The maximum absolute atomic E-state index is 10.2. The summed E-state index contributed by atoms with van der Waals surface area (Å²) in [6.07, 6.45) is 0.972. The number of thiol groups is 1. The van der Waals surface area contributed by atoms with Crippen LogP contribution in [-0.4, -0.2) is 41.9 Å². The third-order valence-electron chi connectivity index (χ3n) is 1.32. The lowest BCUT2D eigenvalue weighted by Gasteiger charge is -2.12. The topological polar surface area (TPSA) is 40.5 Å². The lowest BCUT2D eigenvalue weighted by atomic mass is 10.2. The highest BCUT2D eigenvalue weighted by atomic mass is 32.1. The highest BCUT2D eigenvalue weighted by molar-refractivity contribution is 7.81. The average Bonchev–Trinajstić information content (AvgIpc) is 1.82. The van der Waals surface area contributed by atoms with E-state index < -0.39 is 5.97 Å². The zero-order valence-electron chi connectivity index (χ0n) is 6.95. The smallest absolute Gasteiger partial charge is 0.304 e. The third-order valence-corrected chi connectivity index (χ3v) is 1.76. The molecule has 0 aliphatic carbocycles. The van der Waals surface area contributed by atoms with E-state index in [4.69, 9.17) is 5.11 Å². The van der Waals surface area contributed by atoms with Crippen molar-refractivity contribution in [3.8, 4) is 0 Å². The first-order valence-electron chi connectivity index (χ1n) is 3.57. The summed E-state index contributed by atoms with van der Waals surface area (Å²) in [5.74, 6) is -0.774. The molecule has 0 aromatic heterocycles. The molecule has 1 atom stereocenters. The van der Waals surface area contributed by atoms with Gasteiger partial charge in [-0.3, -0.25) is 4.79 Å². The maximum atomic E-state index is 10.2. The van der Waals surface area contributed by atoms with E-state index in [1.54, 1.807) is 0 Å². The van der Waals surface area contributed by atoms with Gasteiger partial charge in [0.2, 0.25) is 0 Å². The maximum Gasteiger partial charge on any atom is 0.304 e. The molecule has 11 heavy (non-hydrogen) atoms. The van der Waals surface area contributed by atoms with Crippen molar-refractivity contribution < 1.29 is 9.90 Å². The predicted molar refractivity (Wildman–Crippen MR) is 48.2 cm³/mol. The van der Waals surface area contributed by atoms with Gasteiger partial charge < -0.3 is 10.0 Å². The fourth-order valence-electron chi connectivity index (χ4n) is 0.711. The zero-order chi connectivity index (χ0) is 8.85. The van der Waals surface area contributed by atoms with Crippen molar-refractivity contribution in [1.29, 1.82) is 0 Å². The molecule has 3 nitrogen and oxygen atoms in total. The van der Waals surface area contributed by atoms with Crippen LogP contribution in [0.1, 0.15) is 12.8 Å². The summed E-state index contributed by atoms with van der Waals surface area (Å²) in [5, 5.41) is 8.37. The summed E-state index contributed by atoms with van der Waals surface area (Å²) in [6.45, 7) is 0.890. The number of carboxylic acid groups (broad SMARTS) is 1. The Bertz CT molecular complexity index is 128. The number of nitrogens with zero attached hydrogens (tertiary/aromatic N) is 1. The van der Waals surface area contributed by atoms with Gasteiger partial charge in [-0.2, -0.15) is 12.6 Å². The lowest BCUT2D eigenvalue weighted by Crippen LogP contribution is -2.18. The minimum Gasteiger partial charge on any atom is -0.481 e. The SMILES string of the molecule is CN(C)CCC(S)CC(=O)O. The summed E-state index contributed by atoms with van der Waals surface area (Å²) in [7, 11) is 3.92. The van der Waals surface area contributed by atoms with Gasteiger partial charge in [0.1, 0.15) is 0 Å². The molecule has 4 heteroatoms. The van der Waals surface area contributed by atoms with Crippen molar-refractivity contribution in [3.63, 3.8) is 0 Å². The Labute approximate surface area is 72.8 Å². The molecule has 0 spiro atoms. The fourth-order valence-corrected chi connectivity index (χ4v) is 0.983. The normalized spacial score (nSPS) is 13.5. The molecule has 0 aliphatic heterocycles. The van der Waals surface area contributed by atoms with Crippen LogP contribution < -0.4 is 0 Å². The number of rotatable bonds is 5. The molecule has 0 aliphatic rings. The van der Waals surface area contributed by atoms with Crippen molar-refractivity contribution in [3.05, 3.63) is 0 Å². The molecule has 0 rings (SSSR count). The molecule has 0 fully saturated rings. The second-order valence-corrected chi connectivity index (χ2v) is 3.57. The van der Waals surface area contributed by atoms with Gasteiger partial charge in [0.25, 0.3) is 0 Å². The van der Waals surface area contributed by atoms with Crippen LogP contribution in [0.4, 0.5) is 0 Å². The van der Waals surface area contributed by atoms with Gasteiger partial charge in [-0.25, -0.2) is 0 Å². The fraction of sp³-hybridized carbons (Fsp3) is 0.857. The summed E-state index contributed by atoms with van der Waals surface area (Å²) < 4.78 is 0. The number of carbonyl (C=O) groups is 1. The van der Waals surface area contributed by atoms with Gasteiger partial charge in [0.05, 0.1) is 6.42 Å². The molecule has 1 unspecified atom stereocenters. The van der Waals surface area contributed by atoms with Gasteiger partial charge in [0.15, 0.2) is 0 Å². The Hall–Kier alpha value is -0.220. The monoisotopic (exact) mass is 177 g/mol. The average molecular weight is 177 g/mol. The van der Waals surface area contributed by atoms with E-state index in [0.717, 1.165) is 13.0 Å². The first-order chi connectivity index (χ1) is 5.02. The zero-order valence-corrected chi connectivity index (χ0v) is 7.84. The quantitative estimate of drug-likeness (QED) is 0.608. The van der Waals surface area contributed by atoms with Gasteiger partial charge >= 0.3 is 5.97 Å². The second kappa shape index (κ2) is 5.43. The van der Waals surface area contributed by atoms with E-state index in [9.17, 15) is 4.79 Å². The number of aliphatic carboxylic acids is 1. The third kappa shape index (κ3) is 7.68. The Morgan fingerprint density at radius 1 is 1.64 bits per heavy atom. The summed E-state index contributed by atoms with van der Waals surface area (Å²) >= 11 is 4.14. The van der Waals surface area contributed by atoms with Crippen molar-refractivity contribution in [2.75, 3.05) is 20.6 Å². The summed E-state index contributed by atoms with van der Waals surface area (Å²) in [6, 6.07) is 0. The molecular weight excluding hydrogens is 162 g/mol. The van der Waals surface area contributed by atoms with Crippen molar-refractivity contribution >= 4 is 18.6 Å². The lowest BCUT2D eigenvalue weighted by molar-refractivity contribution is -0.137. The standard InChI is InChI=1S/C7H15NO2S/c1-8(2)4-3-6(11)5-7(9)10/h6,11H,3-5H2,1-2H3,(H,9,10). The summed E-state index contributed by atoms with van der Waals surface area (Å²) in [4.78, 5) is 12.2. The molecule has 66 valence electrons. The first-order valence-corrected chi connectivity index (χ1v) is 4.08. The van der Waals surface area contributed by atoms with Gasteiger partial charge in [-0.05, 0) is 27.1 Å². The van der Waals surface area contributed by atoms with Crippen LogP contribution in [0.3, 0.4) is 0 Å². The van der Waals surface area contributed by atoms with E-state index in [0.29, 0.717) is 0 Å². The van der Waals surface area contributed by atoms with Gasteiger partial charge in [-0.15, -0.1) is 0 Å². The number of hydrogen-bond acceptors (Lipinski definition) is 3. The molecule has 0 heterocycles. The molecule has 0 aromatic rings. The van der Waals surface area contributed by atoms with Crippen LogP contribution in [0, 0.1) is 0 Å². The van der Waals surface area contributed by atoms with Crippen LogP contribution in [-0.2, 0) is 4.79 Å². The number of hydrogen-bond donors (Lipinski definition) is 2. The van der Waals surface area contributed by atoms with E-state index in [2.05, 4.69) is 12.6 Å². The van der Waals surface area contributed by atoms with E-state index in [1.807, 2.05) is 19.0 Å². The van der Waals surface area contributed by atoms with E-state index in [-0.39, 0.29) is 11.7 Å². The second-order valence-electron chi connectivity index (χ2n) is 2.84. The van der Waals surface area contributed by atoms with Crippen LogP contribution >= 0.6 is 12.6 Å². The molecule has 0 aromatic carbocycles.